The van der Waals surface area contributed by atoms with Crippen LogP contribution in [0.25, 0.3) is 10.9 Å². The fourth-order valence-electron chi connectivity index (χ4n) is 1.74. The van der Waals surface area contributed by atoms with Crippen LogP contribution in [-0.2, 0) is 4.79 Å². The second-order valence-corrected chi connectivity index (χ2v) is 5.89. The van der Waals surface area contributed by atoms with Crippen LogP contribution in [0.1, 0.15) is 32.0 Å². The van der Waals surface area contributed by atoms with Crippen molar-refractivity contribution in [2.45, 2.75) is 31.2 Å². The molecule has 2 aromatic rings. The van der Waals surface area contributed by atoms with Crippen molar-refractivity contribution in [3.63, 3.8) is 0 Å². The van der Waals surface area contributed by atoms with Gasteiger partial charge in [-0.25, -0.2) is 9.97 Å². The minimum atomic E-state index is -0.806. The standard InChI is InChI=1S/C14H17N3O2S/c1-8(2)13-16-11-4-3-9(15)7-10(11)14(17-13)20-6-5-12(18)19/h3-4,7-8H,5-6,15H2,1-2H3,(H,18,19). The maximum Gasteiger partial charge on any atom is 0.304 e. The Labute approximate surface area is 121 Å². The lowest BCUT2D eigenvalue weighted by molar-refractivity contribution is -0.136. The van der Waals surface area contributed by atoms with E-state index in [0.717, 1.165) is 21.8 Å². The van der Waals surface area contributed by atoms with E-state index in [9.17, 15) is 4.79 Å². The van der Waals surface area contributed by atoms with Crippen LogP contribution in [0.4, 0.5) is 5.69 Å². The van der Waals surface area contributed by atoms with Crippen molar-refractivity contribution < 1.29 is 9.90 Å². The molecule has 20 heavy (non-hydrogen) atoms. The summed E-state index contributed by atoms with van der Waals surface area (Å²) >= 11 is 1.43. The number of anilines is 1. The molecule has 0 saturated carbocycles. The lowest BCUT2D eigenvalue weighted by Gasteiger charge is -2.10. The summed E-state index contributed by atoms with van der Waals surface area (Å²) in [6, 6.07) is 5.52. The Kier molecular flexibility index (Phi) is 4.44. The Bertz CT molecular complexity index is 644. The number of nitrogens with zero attached hydrogens (tertiary/aromatic N) is 2. The first-order valence-electron chi connectivity index (χ1n) is 6.39. The molecule has 0 radical (unpaired) electrons. The average molecular weight is 291 g/mol. The van der Waals surface area contributed by atoms with E-state index in [0.29, 0.717) is 11.4 Å². The molecule has 1 aromatic carbocycles. The Morgan fingerprint density at radius 1 is 1.40 bits per heavy atom. The summed E-state index contributed by atoms with van der Waals surface area (Å²) in [6.45, 7) is 4.06. The van der Waals surface area contributed by atoms with E-state index in [2.05, 4.69) is 9.97 Å². The van der Waals surface area contributed by atoms with Crippen molar-refractivity contribution in [1.82, 2.24) is 9.97 Å². The highest BCUT2D eigenvalue weighted by Gasteiger charge is 2.11. The number of rotatable bonds is 5. The molecule has 0 aliphatic heterocycles. The molecule has 0 unspecified atom stereocenters. The Hall–Kier alpha value is -1.82. The number of thioether (sulfide) groups is 1. The summed E-state index contributed by atoms with van der Waals surface area (Å²) in [5, 5.41) is 10.4. The first-order chi connectivity index (χ1) is 9.47. The third-order valence-electron chi connectivity index (χ3n) is 2.77. The third-order valence-corrected chi connectivity index (χ3v) is 3.77. The van der Waals surface area contributed by atoms with E-state index >= 15 is 0 Å². The monoisotopic (exact) mass is 291 g/mol. The van der Waals surface area contributed by atoms with Crippen molar-refractivity contribution >= 4 is 34.3 Å². The zero-order valence-corrected chi connectivity index (χ0v) is 12.3. The molecule has 1 aromatic heterocycles. The van der Waals surface area contributed by atoms with Crippen molar-refractivity contribution in [3.8, 4) is 0 Å². The molecule has 6 heteroatoms. The molecular formula is C14H17N3O2S. The molecule has 0 bridgehead atoms. The number of nitrogen functional groups attached to an aromatic ring is 1. The number of hydrogen-bond acceptors (Lipinski definition) is 5. The molecule has 0 aliphatic rings. The maximum atomic E-state index is 10.6. The zero-order chi connectivity index (χ0) is 14.7. The molecule has 0 fully saturated rings. The molecular weight excluding hydrogens is 274 g/mol. The molecule has 106 valence electrons. The molecule has 0 saturated heterocycles. The molecule has 0 spiro atoms. The number of nitrogens with two attached hydrogens (primary N) is 1. The van der Waals surface area contributed by atoms with Gasteiger partial charge in [0.2, 0.25) is 0 Å². The Morgan fingerprint density at radius 2 is 2.15 bits per heavy atom. The van der Waals surface area contributed by atoms with Crippen LogP contribution in [0.15, 0.2) is 23.2 Å². The van der Waals surface area contributed by atoms with Gasteiger partial charge in [-0.2, -0.15) is 0 Å². The highest BCUT2D eigenvalue weighted by Crippen LogP contribution is 2.28. The van der Waals surface area contributed by atoms with Gasteiger partial charge in [0.1, 0.15) is 10.9 Å². The van der Waals surface area contributed by atoms with Gasteiger partial charge in [0.05, 0.1) is 11.9 Å². The maximum absolute atomic E-state index is 10.6. The minimum absolute atomic E-state index is 0.107. The molecule has 0 atom stereocenters. The van der Waals surface area contributed by atoms with Crippen LogP contribution in [0, 0.1) is 0 Å². The number of aromatic nitrogens is 2. The second-order valence-electron chi connectivity index (χ2n) is 4.81. The summed E-state index contributed by atoms with van der Waals surface area (Å²) in [4.78, 5) is 19.7. The van der Waals surface area contributed by atoms with Crippen LogP contribution in [0.3, 0.4) is 0 Å². The van der Waals surface area contributed by atoms with E-state index in [1.807, 2.05) is 32.0 Å². The molecule has 2 rings (SSSR count). The zero-order valence-electron chi connectivity index (χ0n) is 11.5. The number of aliphatic carboxylic acids is 1. The summed E-state index contributed by atoms with van der Waals surface area (Å²) in [5.74, 6) is 0.656. The highest BCUT2D eigenvalue weighted by atomic mass is 32.2. The molecule has 3 N–H and O–H groups in total. The van der Waals surface area contributed by atoms with E-state index in [1.165, 1.54) is 11.8 Å². The Balaban J connectivity index is 2.42. The normalized spacial score (nSPS) is 11.2. The topological polar surface area (TPSA) is 89.1 Å². The largest absolute Gasteiger partial charge is 0.481 e. The number of carboxylic acids is 1. The SMILES string of the molecule is CC(C)c1nc(SCCC(=O)O)c2cc(N)ccc2n1. The number of hydrogen-bond donors (Lipinski definition) is 2. The third kappa shape index (κ3) is 3.39. The molecule has 5 nitrogen and oxygen atoms in total. The van der Waals surface area contributed by atoms with E-state index in [-0.39, 0.29) is 12.3 Å². The van der Waals surface area contributed by atoms with Gasteiger partial charge in [0, 0.05) is 22.7 Å². The van der Waals surface area contributed by atoms with Gasteiger partial charge in [-0.15, -0.1) is 11.8 Å². The molecule has 1 heterocycles. The number of fused-ring (bicyclic) bond motifs is 1. The van der Waals surface area contributed by atoms with Gasteiger partial charge in [-0.3, -0.25) is 4.79 Å². The van der Waals surface area contributed by atoms with Crippen LogP contribution in [-0.4, -0.2) is 26.8 Å². The molecule has 0 amide bonds. The number of benzene rings is 1. The van der Waals surface area contributed by atoms with Gasteiger partial charge in [0.15, 0.2) is 0 Å². The number of carbonyl (C=O) groups is 1. The highest BCUT2D eigenvalue weighted by molar-refractivity contribution is 7.99. The van der Waals surface area contributed by atoms with E-state index in [4.69, 9.17) is 10.8 Å². The Morgan fingerprint density at radius 3 is 2.80 bits per heavy atom. The predicted molar refractivity (Wildman–Crippen MR) is 81.0 cm³/mol. The fraction of sp³-hybridized carbons (Fsp3) is 0.357. The van der Waals surface area contributed by atoms with Crippen LogP contribution in [0.5, 0.6) is 0 Å². The minimum Gasteiger partial charge on any atom is -0.481 e. The van der Waals surface area contributed by atoms with E-state index in [1.54, 1.807) is 0 Å². The van der Waals surface area contributed by atoms with Crippen LogP contribution < -0.4 is 5.73 Å². The summed E-state index contributed by atoms with van der Waals surface area (Å²) < 4.78 is 0. The fourth-order valence-corrected chi connectivity index (χ4v) is 2.69. The predicted octanol–water partition coefficient (Wildman–Crippen LogP) is 2.90. The van der Waals surface area contributed by atoms with Crippen molar-refractivity contribution in [2.24, 2.45) is 0 Å². The van der Waals surface area contributed by atoms with Crippen molar-refractivity contribution in [2.75, 3.05) is 11.5 Å². The van der Waals surface area contributed by atoms with Gasteiger partial charge in [-0.05, 0) is 18.2 Å². The second kappa shape index (κ2) is 6.09. The first-order valence-corrected chi connectivity index (χ1v) is 7.37. The summed E-state index contributed by atoms with van der Waals surface area (Å²) in [7, 11) is 0. The van der Waals surface area contributed by atoms with Gasteiger partial charge in [-0.1, -0.05) is 13.8 Å². The van der Waals surface area contributed by atoms with Gasteiger partial charge in [0.25, 0.3) is 0 Å². The van der Waals surface area contributed by atoms with E-state index < -0.39 is 5.97 Å². The summed E-state index contributed by atoms with van der Waals surface area (Å²) in [6.07, 6.45) is 0.107. The smallest absolute Gasteiger partial charge is 0.304 e. The number of carboxylic acid groups (broad SMARTS) is 1. The lowest BCUT2D eigenvalue weighted by atomic mass is 10.2. The first kappa shape index (κ1) is 14.6. The van der Waals surface area contributed by atoms with Gasteiger partial charge >= 0.3 is 5.97 Å². The molecule has 0 aliphatic carbocycles. The van der Waals surface area contributed by atoms with Gasteiger partial charge < -0.3 is 10.8 Å². The quantitative estimate of drug-likeness (QED) is 0.500. The average Bonchev–Trinajstić information content (AvgIpc) is 2.38. The van der Waals surface area contributed by atoms with Crippen LogP contribution >= 0.6 is 11.8 Å². The van der Waals surface area contributed by atoms with Crippen molar-refractivity contribution in [1.29, 1.82) is 0 Å². The van der Waals surface area contributed by atoms with Crippen molar-refractivity contribution in [3.05, 3.63) is 24.0 Å². The lowest BCUT2D eigenvalue weighted by Crippen LogP contribution is -2.02. The van der Waals surface area contributed by atoms with Crippen LogP contribution in [0.2, 0.25) is 0 Å². The summed E-state index contributed by atoms with van der Waals surface area (Å²) in [5.41, 5.74) is 7.30.